The molecule has 0 aliphatic rings. The highest BCUT2D eigenvalue weighted by Crippen LogP contribution is 2.18. The molecule has 0 fully saturated rings. The number of nitrogens with one attached hydrogen (secondary N) is 1. The minimum atomic E-state index is 0.683. The number of hydrogen-bond donors (Lipinski definition) is 1. The van der Waals surface area contributed by atoms with Crippen molar-refractivity contribution in [3.05, 3.63) is 11.9 Å². The van der Waals surface area contributed by atoms with Gasteiger partial charge in [0.1, 0.15) is 17.5 Å². The normalized spacial score (nSPS) is 12.3. The van der Waals surface area contributed by atoms with Gasteiger partial charge >= 0.3 is 0 Å². The first-order valence-corrected chi connectivity index (χ1v) is 6.95. The monoisotopic (exact) mass is 250 g/mol. The average molecular weight is 250 g/mol. The Bertz CT molecular complexity index is 343. The van der Waals surface area contributed by atoms with Gasteiger partial charge < -0.3 is 10.2 Å². The lowest BCUT2D eigenvalue weighted by molar-refractivity contribution is 0.545. The molecule has 18 heavy (non-hydrogen) atoms. The number of nitrogens with zero attached hydrogens (tertiary/aromatic N) is 3. The predicted octanol–water partition coefficient (Wildman–Crippen LogP) is 2.95. The van der Waals surface area contributed by atoms with E-state index in [0.717, 1.165) is 37.0 Å². The van der Waals surface area contributed by atoms with Gasteiger partial charge in [-0.25, -0.2) is 9.97 Å². The molecule has 0 aromatic carbocycles. The zero-order valence-corrected chi connectivity index (χ0v) is 12.3. The molecule has 1 aromatic heterocycles. The van der Waals surface area contributed by atoms with Crippen molar-refractivity contribution in [1.82, 2.24) is 9.97 Å². The SMILES string of the molecule is CCc1nc(NC)cc(N(CC)CC(C)CC)n1. The van der Waals surface area contributed by atoms with Crippen LogP contribution in [0.4, 0.5) is 11.6 Å². The first-order chi connectivity index (χ1) is 8.64. The maximum atomic E-state index is 4.63. The second-order valence-corrected chi connectivity index (χ2v) is 4.68. The van der Waals surface area contributed by atoms with Gasteiger partial charge in [-0.1, -0.05) is 27.2 Å². The second kappa shape index (κ2) is 7.19. The molecule has 0 amide bonds. The molecule has 0 spiro atoms. The fourth-order valence-corrected chi connectivity index (χ4v) is 1.82. The Morgan fingerprint density at radius 2 is 2.00 bits per heavy atom. The maximum absolute atomic E-state index is 4.63. The zero-order valence-electron chi connectivity index (χ0n) is 12.3. The molecule has 1 rings (SSSR count). The Hall–Kier alpha value is -1.32. The van der Waals surface area contributed by atoms with Crippen LogP contribution < -0.4 is 10.2 Å². The maximum Gasteiger partial charge on any atom is 0.134 e. The topological polar surface area (TPSA) is 41.1 Å². The Morgan fingerprint density at radius 3 is 2.50 bits per heavy atom. The van der Waals surface area contributed by atoms with Crippen LogP contribution in [0.25, 0.3) is 0 Å². The molecule has 102 valence electrons. The van der Waals surface area contributed by atoms with Crippen molar-refractivity contribution in [2.45, 2.75) is 40.5 Å². The summed E-state index contributed by atoms with van der Waals surface area (Å²) >= 11 is 0. The van der Waals surface area contributed by atoms with Crippen LogP contribution in [0.2, 0.25) is 0 Å². The molecular formula is C14H26N4. The lowest BCUT2D eigenvalue weighted by Crippen LogP contribution is -2.29. The van der Waals surface area contributed by atoms with Gasteiger partial charge in [0.15, 0.2) is 0 Å². The summed E-state index contributed by atoms with van der Waals surface area (Å²) in [6.07, 6.45) is 2.06. The predicted molar refractivity (Wildman–Crippen MR) is 78.3 cm³/mol. The Balaban J connectivity index is 2.96. The minimum Gasteiger partial charge on any atom is -0.373 e. The van der Waals surface area contributed by atoms with E-state index in [-0.39, 0.29) is 0 Å². The van der Waals surface area contributed by atoms with Gasteiger partial charge in [0.25, 0.3) is 0 Å². The largest absolute Gasteiger partial charge is 0.373 e. The number of anilines is 2. The first-order valence-electron chi connectivity index (χ1n) is 6.95. The van der Waals surface area contributed by atoms with Crippen LogP contribution in [0.3, 0.4) is 0 Å². The first kappa shape index (κ1) is 14.7. The molecule has 0 radical (unpaired) electrons. The van der Waals surface area contributed by atoms with E-state index in [9.17, 15) is 0 Å². The Kier molecular flexibility index (Phi) is 5.89. The summed E-state index contributed by atoms with van der Waals surface area (Å²) in [6.45, 7) is 10.8. The van der Waals surface area contributed by atoms with E-state index < -0.39 is 0 Å². The number of rotatable bonds is 7. The molecule has 4 nitrogen and oxygen atoms in total. The molecule has 0 saturated heterocycles. The van der Waals surface area contributed by atoms with Crippen molar-refractivity contribution in [1.29, 1.82) is 0 Å². The standard InChI is InChI=1S/C14H26N4/c1-6-11(4)10-18(8-3)14-9-13(15-5)16-12(7-2)17-14/h9,11H,6-8,10H2,1-5H3,(H,15,16,17). The van der Waals surface area contributed by atoms with E-state index in [1.165, 1.54) is 6.42 Å². The third-order valence-electron chi connectivity index (χ3n) is 3.27. The van der Waals surface area contributed by atoms with Crippen LogP contribution in [0.5, 0.6) is 0 Å². The summed E-state index contributed by atoms with van der Waals surface area (Å²) < 4.78 is 0. The molecule has 0 aliphatic heterocycles. The number of hydrogen-bond acceptors (Lipinski definition) is 4. The molecule has 1 heterocycles. The highest BCUT2D eigenvalue weighted by Gasteiger charge is 2.12. The quantitative estimate of drug-likeness (QED) is 0.808. The third kappa shape index (κ3) is 3.86. The highest BCUT2D eigenvalue weighted by atomic mass is 15.2. The fraction of sp³-hybridized carbons (Fsp3) is 0.714. The van der Waals surface area contributed by atoms with E-state index in [2.05, 4.69) is 47.9 Å². The van der Waals surface area contributed by atoms with Crippen molar-refractivity contribution >= 4 is 11.6 Å². The van der Waals surface area contributed by atoms with Crippen molar-refractivity contribution < 1.29 is 0 Å². The van der Waals surface area contributed by atoms with Gasteiger partial charge in [-0.2, -0.15) is 0 Å². The highest BCUT2D eigenvalue weighted by molar-refractivity contribution is 5.49. The minimum absolute atomic E-state index is 0.683. The molecule has 1 N–H and O–H groups in total. The number of aromatic nitrogens is 2. The molecule has 1 atom stereocenters. The van der Waals surface area contributed by atoms with Crippen molar-refractivity contribution in [3.63, 3.8) is 0 Å². The van der Waals surface area contributed by atoms with Gasteiger partial charge in [0, 0.05) is 32.6 Å². The molecule has 1 unspecified atom stereocenters. The third-order valence-corrected chi connectivity index (χ3v) is 3.27. The second-order valence-electron chi connectivity index (χ2n) is 4.68. The van der Waals surface area contributed by atoms with Crippen LogP contribution >= 0.6 is 0 Å². The Morgan fingerprint density at radius 1 is 1.28 bits per heavy atom. The van der Waals surface area contributed by atoms with Crippen LogP contribution in [0.1, 0.15) is 39.9 Å². The smallest absolute Gasteiger partial charge is 0.134 e. The van der Waals surface area contributed by atoms with E-state index in [1.54, 1.807) is 0 Å². The molecule has 0 aliphatic carbocycles. The lowest BCUT2D eigenvalue weighted by atomic mass is 10.1. The van der Waals surface area contributed by atoms with E-state index in [0.29, 0.717) is 5.92 Å². The molecule has 0 bridgehead atoms. The summed E-state index contributed by atoms with van der Waals surface area (Å²) in [6, 6.07) is 2.03. The average Bonchev–Trinajstić information content (AvgIpc) is 2.43. The van der Waals surface area contributed by atoms with Gasteiger partial charge in [-0.15, -0.1) is 0 Å². The summed E-state index contributed by atoms with van der Waals surface area (Å²) in [4.78, 5) is 11.4. The fourth-order valence-electron chi connectivity index (χ4n) is 1.82. The van der Waals surface area contributed by atoms with Crippen LogP contribution in [-0.4, -0.2) is 30.1 Å². The van der Waals surface area contributed by atoms with Crippen molar-refractivity contribution in [3.8, 4) is 0 Å². The van der Waals surface area contributed by atoms with Crippen molar-refractivity contribution in [2.24, 2.45) is 5.92 Å². The van der Waals surface area contributed by atoms with Gasteiger partial charge in [0.2, 0.25) is 0 Å². The molecule has 0 saturated carbocycles. The molecular weight excluding hydrogens is 224 g/mol. The van der Waals surface area contributed by atoms with E-state index in [1.807, 2.05) is 13.1 Å². The van der Waals surface area contributed by atoms with Gasteiger partial charge in [-0.3, -0.25) is 0 Å². The van der Waals surface area contributed by atoms with Gasteiger partial charge in [-0.05, 0) is 12.8 Å². The van der Waals surface area contributed by atoms with Crippen LogP contribution in [-0.2, 0) is 6.42 Å². The number of aryl methyl sites for hydroxylation is 1. The summed E-state index contributed by atoms with van der Waals surface area (Å²) in [7, 11) is 1.90. The van der Waals surface area contributed by atoms with E-state index in [4.69, 9.17) is 0 Å². The zero-order chi connectivity index (χ0) is 13.5. The Labute approximate surface area is 111 Å². The lowest BCUT2D eigenvalue weighted by Gasteiger charge is -2.25. The van der Waals surface area contributed by atoms with E-state index >= 15 is 0 Å². The summed E-state index contributed by atoms with van der Waals surface area (Å²) in [5.74, 6) is 3.52. The summed E-state index contributed by atoms with van der Waals surface area (Å²) in [5, 5.41) is 3.11. The van der Waals surface area contributed by atoms with Gasteiger partial charge in [0.05, 0.1) is 0 Å². The van der Waals surface area contributed by atoms with Crippen LogP contribution in [0.15, 0.2) is 6.07 Å². The van der Waals surface area contributed by atoms with Crippen LogP contribution in [0, 0.1) is 5.92 Å². The molecule has 4 heteroatoms. The summed E-state index contributed by atoms with van der Waals surface area (Å²) in [5.41, 5.74) is 0. The molecule has 1 aromatic rings. The van der Waals surface area contributed by atoms with Crippen molar-refractivity contribution in [2.75, 3.05) is 30.4 Å².